The zero-order valence-corrected chi connectivity index (χ0v) is 14.7. The van der Waals surface area contributed by atoms with Gasteiger partial charge in [-0.1, -0.05) is 54.2 Å². The Morgan fingerprint density at radius 2 is 1.81 bits per heavy atom. The molecule has 1 heterocycles. The number of nitrogens with two attached hydrogens (primary N) is 1. The molecule has 2 aromatic carbocycles. The van der Waals surface area contributed by atoms with Crippen molar-refractivity contribution in [3.8, 4) is 11.4 Å². The number of amides is 1. The molecule has 26 heavy (non-hydrogen) atoms. The summed E-state index contributed by atoms with van der Waals surface area (Å²) >= 11 is 1.26. The number of carbonyl (C=O) groups is 1. The summed E-state index contributed by atoms with van der Waals surface area (Å²) in [6, 6.07) is 16.1. The van der Waals surface area contributed by atoms with Crippen LogP contribution in [-0.2, 0) is 4.79 Å². The number of hydrogen-bond acceptors (Lipinski definition) is 4. The summed E-state index contributed by atoms with van der Waals surface area (Å²) in [7, 11) is 0. The molecule has 1 aliphatic rings. The number of nitrogens with zero attached hydrogens (tertiary/aromatic N) is 3. The van der Waals surface area contributed by atoms with E-state index in [0.29, 0.717) is 16.5 Å². The highest BCUT2D eigenvalue weighted by Gasteiger charge is 2.33. The maximum Gasteiger partial charge on any atom is 0.235 e. The van der Waals surface area contributed by atoms with Gasteiger partial charge >= 0.3 is 0 Å². The maximum absolute atomic E-state index is 14.2. The predicted molar refractivity (Wildman–Crippen MR) is 97.9 cm³/mol. The molecular formula is C19H17FN4OS. The van der Waals surface area contributed by atoms with E-state index in [9.17, 15) is 9.18 Å². The van der Waals surface area contributed by atoms with Crippen LogP contribution in [0.25, 0.3) is 11.4 Å². The fourth-order valence-corrected chi connectivity index (χ4v) is 3.93. The van der Waals surface area contributed by atoms with Gasteiger partial charge in [0, 0.05) is 6.04 Å². The zero-order valence-electron chi connectivity index (χ0n) is 13.9. The summed E-state index contributed by atoms with van der Waals surface area (Å²) in [4.78, 5) is 12.0. The number of primary amides is 1. The van der Waals surface area contributed by atoms with Crippen molar-refractivity contribution in [1.82, 2.24) is 14.8 Å². The average molecular weight is 368 g/mol. The molecule has 0 unspecified atom stereocenters. The van der Waals surface area contributed by atoms with Gasteiger partial charge in [0.15, 0.2) is 11.0 Å². The summed E-state index contributed by atoms with van der Waals surface area (Å²) < 4.78 is 16.2. The lowest BCUT2D eigenvalue weighted by Gasteiger charge is -2.14. The van der Waals surface area contributed by atoms with Crippen molar-refractivity contribution in [3.05, 3.63) is 66.0 Å². The van der Waals surface area contributed by atoms with Crippen molar-refractivity contribution in [1.29, 1.82) is 0 Å². The Labute approximate surface area is 154 Å². The van der Waals surface area contributed by atoms with E-state index >= 15 is 0 Å². The van der Waals surface area contributed by atoms with Crippen molar-refractivity contribution >= 4 is 17.7 Å². The van der Waals surface area contributed by atoms with Gasteiger partial charge in [0.1, 0.15) is 11.1 Å². The quantitative estimate of drug-likeness (QED) is 0.673. The van der Waals surface area contributed by atoms with Crippen molar-refractivity contribution < 1.29 is 9.18 Å². The van der Waals surface area contributed by atoms with Gasteiger partial charge in [-0.3, -0.25) is 9.36 Å². The molecule has 0 radical (unpaired) electrons. The normalized spacial score (nSPS) is 15.0. The van der Waals surface area contributed by atoms with Gasteiger partial charge in [-0.15, -0.1) is 10.2 Å². The van der Waals surface area contributed by atoms with Gasteiger partial charge in [-0.2, -0.15) is 0 Å². The first kappa shape index (κ1) is 16.8. The third kappa shape index (κ3) is 3.22. The summed E-state index contributed by atoms with van der Waals surface area (Å²) in [5, 5.41) is 8.46. The molecule has 1 atom stereocenters. The SMILES string of the molecule is NC(=O)[C@H](Sc1nnc(-c2ccccc2F)n1C1CC1)c1ccccc1. The summed E-state index contributed by atoms with van der Waals surface area (Å²) in [5.41, 5.74) is 6.84. The second kappa shape index (κ2) is 6.92. The lowest BCUT2D eigenvalue weighted by molar-refractivity contribution is -0.117. The number of rotatable bonds is 6. The van der Waals surface area contributed by atoms with Crippen molar-refractivity contribution in [2.75, 3.05) is 0 Å². The van der Waals surface area contributed by atoms with Crippen molar-refractivity contribution in [2.45, 2.75) is 29.3 Å². The molecule has 1 aromatic heterocycles. The Morgan fingerprint density at radius 1 is 1.12 bits per heavy atom. The van der Waals surface area contributed by atoms with E-state index in [1.165, 1.54) is 17.8 Å². The maximum atomic E-state index is 14.2. The van der Waals surface area contributed by atoms with E-state index in [2.05, 4.69) is 10.2 Å². The van der Waals surface area contributed by atoms with Gasteiger partial charge in [-0.05, 0) is 30.5 Å². The van der Waals surface area contributed by atoms with Crippen LogP contribution in [0.1, 0.15) is 29.7 Å². The second-order valence-electron chi connectivity index (χ2n) is 6.20. The largest absolute Gasteiger partial charge is 0.368 e. The minimum absolute atomic E-state index is 0.228. The Morgan fingerprint density at radius 3 is 2.46 bits per heavy atom. The van der Waals surface area contributed by atoms with E-state index in [1.54, 1.807) is 18.2 Å². The van der Waals surface area contributed by atoms with Crippen molar-refractivity contribution in [3.63, 3.8) is 0 Å². The first-order chi connectivity index (χ1) is 12.6. The summed E-state index contributed by atoms with van der Waals surface area (Å²) in [6.45, 7) is 0. The Hall–Kier alpha value is -2.67. The smallest absolute Gasteiger partial charge is 0.235 e. The van der Waals surface area contributed by atoms with Gasteiger partial charge in [-0.25, -0.2) is 4.39 Å². The molecule has 2 N–H and O–H groups in total. The van der Waals surface area contributed by atoms with Crippen LogP contribution in [0.5, 0.6) is 0 Å². The van der Waals surface area contributed by atoms with E-state index in [1.807, 2.05) is 34.9 Å². The minimum Gasteiger partial charge on any atom is -0.368 e. The summed E-state index contributed by atoms with van der Waals surface area (Å²) in [6.07, 6.45) is 1.97. The standard InChI is InChI=1S/C19H17FN4OS/c20-15-9-5-4-8-14(15)18-22-23-19(24(18)13-10-11-13)26-16(17(21)25)12-6-2-1-3-7-12/h1-9,13,16H,10-11H2,(H2,21,25)/t16-/m1/s1. The number of benzene rings is 2. The van der Waals surface area contributed by atoms with E-state index < -0.39 is 11.2 Å². The lowest BCUT2D eigenvalue weighted by Crippen LogP contribution is -2.19. The fourth-order valence-electron chi connectivity index (χ4n) is 2.87. The highest BCUT2D eigenvalue weighted by Crippen LogP contribution is 2.44. The fraction of sp³-hybridized carbons (Fsp3) is 0.211. The molecule has 0 spiro atoms. The number of carbonyl (C=O) groups excluding carboxylic acids is 1. The zero-order chi connectivity index (χ0) is 18.1. The van der Waals surface area contributed by atoms with Crippen LogP contribution in [0, 0.1) is 5.82 Å². The van der Waals surface area contributed by atoms with Crippen molar-refractivity contribution in [2.24, 2.45) is 5.73 Å². The average Bonchev–Trinajstić information content (AvgIpc) is 3.40. The second-order valence-corrected chi connectivity index (χ2v) is 7.27. The molecule has 1 fully saturated rings. The summed E-state index contributed by atoms with van der Waals surface area (Å²) in [5.74, 6) is -0.295. The number of thioether (sulfide) groups is 1. The molecule has 5 nitrogen and oxygen atoms in total. The third-order valence-electron chi connectivity index (χ3n) is 4.28. The molecule has 1 aliphatic carbocycles. The topological polar surface area (TPSA) is 73.8 Å². The van der Waals surface area contributed by atoms with Crippen LogP contribution in [0.4, 0.5) is 4.39 Å². The molecule has 132 valence electrons. The Kier molecular flexibility index (Phi) is 4.46. The monoisotopic (exact) mass is 368 g/mol. The van der Waals surface area contributed by atoms with Gasteiger partial charge in [0.25, 0.3) is 0 Å². The number of hydrogen-bond donors (Lipinski definition) is 1. The van der Waals surface area contributed by atoms with Gasteiger partial charge in [0.05, 0.1) is 5.56 Å². The molecule has 0 saturated heterocycles. The van der Waals surface area contributed by atoms with Crippen LogP contribution in [0.15, 0.2) is 59.8 Å². The van der Waals surface area contributed by atoms with Crippen LogP contribution >= 0.6 is 11.8 Å². The van der Waals surface area contributed by atoms with Gasteiger partial charge in [0.2, 0.25) is 5.91 Å². The molecule has 0 bridgehead atoms. The number of aromatic nitrogens is 3. The van der Waals surface area contributed by atoms with Crippen LogP contribution < -0.4 is 5.73 Å². The molecule has 7 heteroatoms. The third-order valence-corrected chi connectivity index (χ3v) is 5.50. The van der Waals surface area contributed by atoms with Crippen LogP contribution in [0.3, 0.4) is 0 Å². The first-order valence-electron chi connectivity index (χ1n) is 8.36. The lowest BCUT2D eigenvalue weighted by atomic mass is 10.1. The highest BCUT2D eigenvalue weighted by molar-refractivity contribution is 8.00. The molecule has 0 aliphatic heterocycles. The van der Waals surface area contributed by atoms with Crippen LogP contribution in [-0.4, -0.2) is 20.7 Å². The highest BCUT2D eigenvalue weighted by atomic mass is 32.2. The molecule has 4 rings (SSSR count). The predicted octanol–water partition coefficient (Wildman–Crippen LogP) is 3.74. The minimum atomic E-state index is -0.577. The van der Waals surface area contributed by atoms with E-state index in [0.717, 1.165) is 18.4 Å². The number of halogens is 1. The molecule has 1 amide bonds. The first-order valence-corrected chi connectivity index (χ1v) is 9.24. The van der Waals surface area contributed by atoms with Crippen LogP contribution in [0.2, 0.25) is 0 Å². The molecular weight excluding hydrogens is 351 g/mol. The Bertz CT molecular complexity index is 940. The Balaban J connectivity index is 1.73. The van der Waals surface area contributed by atoms with Gasteiger partial charge < -0.3 is 5.73 Å². The molecule has 3 aromatic rings. The van der Waals surface area contributed by atoms with E-state index in [-0.39, 0.29) is 11.9 Å². The molecule has 1 saturated carbocycles. The van der Waals surface area contributed by atoms with E-state index in [4.69, 9.17) is 5.73 Å².